The fourth-order valence-electron chi connectivity index (χ4n) is 6.90. The van der Waals surface area contributed by atoms with Crippen molar-refractivity contribution >= 4 is 21.6 Å². The number of hydrogen-bond donors (Lipinski definition) is 1. The van der Waals surface area contributed by atoms with Crippen LogP contribution in [0.2, 0.25) is 0 Å². The van der Waals surface area contributed by atoms with Crippen LogP contribution < -0.4 is 9.47 Å². The Labute approximate surface area is 317 Å². The van der Waals surface area contributed by atoms with Gasteiger partial charge in [-0.15, -0.1) is 10.2 Å². The summed E-state index contributed by atoms with van der Waals surface area (Å²) in [7, 11) is -4.23. The van der Waals surface area contributed by atoms with E-state index in [0.717, 1.165) is 23.1 Å². The molecule has 0 radical (unpaired) electrons. The number of morpholine rings is 1. The van der Waals surface area contributed by atoms with Crippen molar-refractivity contribution in [2.24, 2.45) is 5.41 Å². The predicted octanol–water partition coefficient (Wildman–Crippen LogP) is 4.70. The third-order valence-corrected chi connectivity index (χ3v) is 12.0. The number of fused-ring (bicyclic) bond motifs is 2. The van der Waals surface area contributed by atoms with E-state index in [1.807, 2.05) is 6.92 Å². The van der Waals surface area contributed by atoms with Gasteiger partial charge in [-0.05, 0) is 74.1 Å². The number of aromatic nitrogens is 4. The number of aliphatic carboxylic acids is 1. The van der Waals surface area contributed by atoms with Gasteiger partial charge in [0.1, 0.15) is 18.1 Å². The SMILES string of the molecule is Cc1ccc(C(c2ccn3c(C(F)(F)F)nnc3c2C)C(C)(C)C(=O)O)cc1CN1CCCOCCOc2nc(OCCN3CCOCC3)ccc2S1(=O)=O. The van der Waals surface area contributed by atoms with E-state index in [1.165, 1.54) is 42.5 Å². The molecule has 1 fully saturated rings. The van der Waals surface area contributed by atoms with E-state index < -0.39 is 39.3 Å². The van der Waals surface area contributed by atoms with Crippen molar-refractivity contribution in [2.45, 2.75) is 57.7 Å². The summed E-state index contributed by atoms with van der Waals surface area (Å²) < 4.78 is 94.9. The number of halogens is 3. The molecule has 6 rings (SSSR count). The zero-order valence-corrected chi connectivity index (χ0v) is 32.0. The molecule has 1 N–H and O–H groups in total. The highest BCUT2D eigenvalue weighted by Crippen LogP contribution is 2.44. The maximum Gasteiger partial charge on any atom is 0.452 e. The van der Waals surface area contributed by atoms with Gasteiger partial charge in [0, 0.05) is 57.5 Å². The van der Waals surface area contributed by atoms with Gasteiger partial charge in [0.2, 0.25) is 27.6 Å². The zero-order valence-electron chi connectivity index (χ0n) is 31.1. The molecule has 0 bridgehead atoms. The van der Waals surface area contributed by atoms with Gasteiger partial charge in [-0.3, -0.25) is 14.1 Å². The lowest BCUT2D eigenvalue weighted by Crippen LogP contribution is -2.38. The summed E-state index contributed by atoms with van der Waals surface area (Å²) in [5.41, 5.74) is 1.12. The topological polar surface area (TPSA) is 158 Å². The minimum atomic E-state index is -4.75. The van der Waals surface area contributed by atoms with Crippen LogP contribution in [0.4, 0.5) is 13.2 Å². The highest BCUT2D eigenvalue weighted by atomic mass is 32.2. The monoisotopic (exact) mass is 790 g/mol. The van der Waals surface area contributed by atoms with Crippen LogP contribution in [-0.4, -0.2) is 114 Å². The molecule has 14 nitrogen and oxygen atoms in total. The quantitative estimate of drug-likeness (QED) is 0.237. The van der Waals surface area contributed by atoms with Crippen molar-refractivity contribution in [1.29, 1.82) is 0 Å². The molecule has 3 aromatic heterocycles. The first-order chi connectivity index (χ1) is 26.1. The molecule has 298 valence electrons. The molecule has 2 aliphatic rings. The first-order valence-electron chi connectivity index (χ1n) is 18.0. The summed E-state index contributed by atoms with van der Waals surface area (Å²) in [5, 5.41) is 17.6. The number of ether oxygens (including phenoxy) is 4. The number of carboxylic acid groups (broad SMARTS) is 1. The van der Waals surface area contributed by atoms with Crippen LogP contribution in [-0.2, 0) is 37.0 Å². The molecule has 1 aromatic carbocycles. The molecular formula is C37H45F3N6O8S. The molecular weight excluding hydrogens is 746 g/mol. The maximum absolute atomic E-state index is 14.5. The highest BCUT2D eigenvalue weighted by molar-refractivity contribution is 7.89. The van der Waals surface area contributed by atoms with E-state index in [0.29, 0.717) is 55.0 Å². The second-order valence-electron chi connectivity index (χ2n) is 14.2. The molecule has 1 saturated heterocycles. The van der Waals surface area contributed by atoms with E-state index >= 15 is 0 Å². The third-order valence-electron chi connectivity index (χ3n) is 10.1. The van der Waals surface area contributed by atoms with Crippen molar-refractivity contribution in [2.75, 3.05) is 65.8 Å². The largest absolute Gasteiger partial charge is 0.481 e. The van der Waals surface area contributed by atoms with E-state index in [2.05, 4.69) is 20.1 Å². The van der Waals surface area contributed by atoms with E-state index in [4.69, 9.17) is 18.9 Å². The Kier molecular flexibility index (Phi) is 12.0. The van der Waals surface area contributed by atoms with Gasteiger partial charge in [0.25, 0.3) is 0 Å². The Bertz CT molecular complexity index is 2120. The van der Waals surface area contributed by atoms with Crippen molar-refractivity contribution in [3.05, 3.63) is 76.2 Å². The second-order valence-corrected chi connectivity index (χ2v) is 16.1. The Balaban J connectivity index is 1.34. The van der Waals surface area contributed by atoms with Crippen molar-refractivity contribution in [1.82, 2.24) is 28.8 Å². The van der Waals surface area contributed by atoms with Gasteiger partial charge in [-0.25, -0.2) is 8.42 Å². The van der Waals surface area contributed by atoms with E-state index in [-0.39, 0.29) is 55.2 Å². The van der Waals surface area contributed by atoms with Gasteiger partial charge in [-0.1, -0.05) is 18.2 Å². The Morgan fingerprint density at radius 3 is 2.45 bits per heavy atom. The summed E-state index contributed by atoms with van der Waals surface area (Å²) in [4.78, 5) is 19.3. The number of nitrogens with zero attached hydrogens (tertiary/aromatic N) is 6. The summed E-state index contributed by atoms with van der Waals surface area (Å²) >= 11 is 0. The standard InChI is InChI=1S/C37H45F3N6O8S/c1-24-6-7-26(31(36(3,4)35(47)48)28-10-12-46-32(25(28)2)42-43-34(46)37(38,39)40)22-27(24)23-45-11-5-16-51-20-21-54-33-29(55(45,49)50)8-9-30(41-33)53-19-15-44-13-17-52-18-14-44/h6-10,12,22,31H,5,11,13-21,23H2,1-4H3,(H,47,48). The first-order valence-corrected chi connectivity index (χ1v) is 19.4. The number of hydrogen-bond acceptors (Lipinski definition) is 11. The third kappa shape index (κ3) is 8.72. The average molecular weight is 791 g/mol. The smallest absolute Gasteiger partial charge is 0.452 e. The summed E-state index contributed by atoms with van der Waals surface area (Å²) in [6.07, 6.45) is -3.18. The van der Waals surface area contributed by atoms with Gasteiger partial charge in [0.15, 0.2) is 5.65 Å². The number of rotatable bonds is 10. The van der Waals surface area contributed by atoms with E-state index in [9.17, 15) is 31.5 Å². The summed E-state index contributed by atoms with van der Waals surface area (Å²) in [6.45, 7) is 11.0. The number of pyridine rings is 2. The normalized spacial score (nSPS) is 18.2. The van der Waals surface area contributed by atoms with Crippen LogP contribution in [0.15, 0.2) is 47.5 Å². The predicted molar refractivity (Wildman–Crippen MR) is 193 cm³/mol. The second kappa shape index (κ2) is 16.4. The molecule has 1 atom stereocenters. The minimum absolute atomic E-state index is 0.0552. The highest BCUT2D eigenvalue weighted by Gasteiger charge is 2.42. The fourth-order valence-corrected chi connectivity index (χ4v) is 8.43. The van der Waals surface area contributed by atoms with Crippen molar-refractivity contribution in [3.8, 4) is 11.8 Å². The summed E-state index contributed by atoms with van der Waals surface area (Å²) in [6, 6.07) is 9.69. The van der Waals surface area contributed by atoms with Gasteiger partial charge in [-0.2, -0.15) is 22.5 Å². The van der Waals surface area contributed by atoms with Gasteiger partial charge in [0.05, 0.1) is 25.2 Å². The van der Waals surface area contributed by atoms with Crippen LogP contribution in [0.25, 0.3) is 5.65 Å². The lowest BCUT2D eigenvalue weighted by atomic mass is 9.70. The Morgan fingerprint density at radius 2 is 1.73 bits per heavy atom. The number of carbonyl (C=O) groups is 1. The fraction of sp³-hybridized carbons (Fsp3) is 0.514. The molecule has 1 unspecified atom stereocenters. The molecule has 0 amide bonds. The van der Waals surface area contributed by atoms with Crippen LogP contribution in [0.5, 0.6) is 11.8 Å². The van der Waals surface area contributed by atoms with Gasteiger partial charge >= 0.3 is 12.1 Å². The summed E-state index contributed by atoms with van der Waals surface area (Å²) in [5.74, 6) is -3.11. The molecule has 5 heterocycles. The number of benzene rings is 1. The molecule has 4 aromatic rings. The van der Waals surface area contributed by atoms with Crippen molar-refractivity contribution in [3.63, 3.8) is 0 Å². The van der Waals surface area contributed by atoms with Crippen LogP contribution in [0.1, 0.15) is 59.8 Å². The molecule has 18 heteroatoms. The zero-order chi connectivity index (χ0) is 39.5. The molecule has 2 aliphatic heterocycles. The number of carboxylic acids is 1. The lowest BCUT2D eigenvalue weighted by molar-refractivity contribution is -0.147. The Morgan fingerprint density at radius 1 is 0.982 bits per heavy atom. The molecule has 0 saturated carbocycles. The molecule has 55 heavy (non-hydrogen) atoms. The number of alkyl halides is 3. The first kappa shape index (κ1) is 40.3. The average Bonchev–Trinajstić information content (AvgIpc) is 3.58. The molecule has 0 spiro atoms. The Hall–Kier alpha value is -4.36. The van der Waals surface area contributed by atoms with E-state index in [1.54, 1.807) is 25.1 Å². The molecule has 0 aliphatic carbocycles. The van der Waals surface area contributed by atoms with Crippen LogP contribution >= 0.6 is 0 Å². The lowest BCUT2D eigenvalue weighted by Gasteiger charge is -2.33. The van der Waals surface area contributed by atoms with Crippen LogP contribution in [0.3, 0.4) is 0 Å². The van der Waals surface area contributed by atoms with Crippen LogP contribution in [0, 0.1) is 19.3 Å². The number of aryl methyl sites for hydroxylation is 2. The minimum Gasteiger partial charge on any atom is -0.481 e. The number of sulfonamides is 1. The maximum atomic E-state index is 14.5. The van der Waals surface area contributed by atoms with Gasteiger partial charge < -0.3 is 24.1 Å². The van der Waals surface area contributed by atoms with Crippen molar-refractivity contribution < 1.29 is 50.4 Å².